The number of carbonyl (C=O) groups excluding carboxylic acids is 1. The van der Waals surface area contributed by atoms with Crippen molar-refractivity contribution in [1.29, 1.82) is 0 Å². The van der Waals surface area contributed by atoms with Crippen LogP contribution in [0.15, 0.2) is 18.3 Å². The van der Waals surface area contributed by atoms with Gasteiger partial charge >= 0.3 is 6.09 Å². The molecule has 1 rings (SSSR count). The van der Waals surface area contributed by atoms with E-state index in [4.69, 9.17) is 0 Å². The van der Waals surface area contributed by atoms with E-state index in [0.717, 1.165) is 5.56 Å². The van der Waals surface area contributed by atoms with Crippen LogP contribution in [0.5, 0.6) is 0 Å². The minimum absolute atomic E-state index is 0.503. The van der Waals surface area contributed by atoms with Gasteiger partial charge in [0.2, 0.25) is 0 Å². The van der Waals surface area contributed by atoms with Gasteiger partial charge in [0.05, 0.1) is 7.11 Å². The third kappa shape index (κ3) is 1.95. The first-order chi connectivity index (χ1) is 5.74. The predicted molar refractivity (Wildman–Crippen MR) is 45.0 cm³/mol. The summed E-state index contributed by atoms with van der Waals surface area (Å²) >= 11 is 0. The number of ether oxygens (including phenoxy) is 1. The van der Waals surface area contributed by atoms with Crippen molar-refractivity contribution in [1.82, 2.24) is 4.98 Å². The molecule has 0 atom stereocenters. The van der Waals surface area contributed by atoms with E-state index in [1.54, 1.807) is 12.3 Å². The Morgan fingerprint density at radius 1 is 1.67 bits per heavy atom. The number of nitrogens with zero attached hydrogens (tertiary/aromatic N) is 1. The largest absolute Gasteiger partial charge is 0.453 e. The Hall–Kier alpha value is -1.58. The molecule has 12 heavy (non-hydrogen) atoms. The van der Waals surface area contributed by atoms with E-state index in [9.17, 15) is 4.79 Å². The first-order valence-corrected chi connectivity index (χ1v) is 3.50. The van der Waals surface area contributed by atoms with Crippen molar-refractivity contribution in [3.63, 3.8) is 0 Å². The molecule has 4 nitrogen and oxygen atoms in total. The lowest BCUT2D eigenvalue weighted by Crippen LogP contribution is -2.12. The fourth-order valence-electron chi connectivity index (χ4n) is 0.764. The second-order valence-electron chi connectivity index (χ2n) is 2.29. The zero-order valence-corrected chi connectivity index (χ0v) is 7.00. The van der Waals surface area contributed by atoms with E-state index in [1.807, 2.05) is 13.0 Å². The number of aromatic nitrogens is 1. The molecule has 4 heteroatoms. The fourth-order valence-corrected chi connectivity index (χ4v) is 0.764. The highest BCUT2D eigenvalue weighted by atomic mass is 16.5. The van der Waals surface area contributed by atoms with Crippen LogP contribution in [0.2, 0.25) is 0 Å². The van der Waals surface area contributed by atoms with Crippen molar-refractivity contribution < 1.29 is 9.53 Å². The van der Waals surface area contributed by atoms with E-state index >= 15 is 0 Å². The monoisotopic (exact) mass is 166 g/mol. The van der Waals surface area contributed by atoms with Crippen molar-refractivity contribution in [3.8, 4) is 0 Å². The molecule has 0 spiro atoms. The third-order valence-electron chi connectivity index (χ3n) is 1.42. The van der Waals surface area contributed by atoms with Gasteiger partial charge in [-0.1, -0.05) is 6.07 Å². The summed E-state index contributed by atoms with van der Waals surface area (Å²) in [6.45, 7) is 1.86. The van der Waals surface area contributed by atoms with Crippen molar-refractivity contribution in [2.24, 2.45) is 0 Å². The van der Waals surface area contributed by atoms with Crippen LogP contribution in [-0.2, 0) is 4.74 Å². The number of rotatable bonds is 1. The van der Waals surface area contributed by atoms with E-state index in [2.05, 4.69) is 15.0 Å². The summed E-state index contributed by atoms with van der Waals surface area (Å²) in [7, 11) is 1.31. The van der Waals surface area contributed by atoms with Crippen LogP contribution in [0.4, 0.5) is 10.6 Å². The maximum Gasteiger partial charge on any atom is 0.412 e. The maximum absolute atomic E-state index is 10.8. The van der Waals surface area contributed by atoms with Crippen molar-refractivity contribution in [3.05, 3.63) is 23.9 Å². The molecule has 0 aliphatic rings. The van der Waals surface area contributed by atoms with Gasteiger partial charge in [-0.15, -0.1) is 0 Å². The third-order valence-corrected chi connectivity index (χ3v) is 1.42. The highest BCUT2D eigenvalue weighted by Crippen LogP contribution is 2.08. The number of anilines is 1. The number of hydrogen-bond acceptors (Lipinski definition) is 3. The number of nitrogens with one attached hydrogen (secondary N) is 1. The van der Waals surface area contributed by atoms with Crippen LogP contribution in [0.1, 0.15) is 5.56 Å². The summed E-state index contributed by atoms with van der Waals surface area (Å²) in [5.41, 5.74) is 0.905. The Labute approximate surface area is 70.6 Å². The zero-order chi connectivity index (χ0) is 8.97. The van der Waals surface area contributed by atoms with Gasteiger partial charge in [0, 0.05) is 6.20 Å². The van der Waals surface area contributed by atoms with Crippen molar-refractivity contribution >= 4 is 11.9 Å². The molecule has 1 N–H and O–H groups in total. The van der Waals surface area contributed by atoms with Crippen LogP contribution >= 0.6 is 0 Å². The minimum Gasteiger partial charge on any atom is -0.453 e. The molecular formula is C8H10N2O2. The first kappa shape index (κ1) is 8.52. The second-order valence-corrected chi connectivity index (χ2v) is 2.29. The molecule has 1 heterocycles. The molecule has 1 amide bonds. The van der Waals surface area contributed by atoms with E-state index in [0.29, 0.717) is 5.82 Å². The van der Waals surface area contributed by atoms with Gasteiger partial charge in [0.1, 0.15) is 5.82 Å². The van der Waals surface area contributed by atoms with Crippen molar-refractivity contribution in [2.45, 2.75) is 6.92 Å². The van der Waals surface area contributed by atoms with Crippen LogP contribution in [-0.4, -0.2) is 18.2 Å². The molecule has 0 aliphatic heterocycles. The highest BCUT2D eigenvalue weighted by molar-refractivity contribution is 5.83. The topological polar surface area (TPSA) is 51.2 Å². The summed E-state index contributed by atoms with van der Waals surface area (Å²) in [5, 5.41) is 2.49. The number of hydrogen-bond donors (Lipinski definition) is 1. The van der Waals surface area contributed by atoms with Gasteiger partial charge in [-0.25, -0.2) is 9.78 Å². The van der Waals surface area contributed by atoms with Gasteiger partial charge in [0.15, 0.2) is 0 Å². The van der Waals surface area contributed by atoms with Gasteiger partial charge < -0.3 is 4.74 Å². The van der Waals surface area contributed by atoms with Gasteiger partial charge in [-0.2, -0.15) is 0 Å². The molecule has 0 fully saturated rings. The summed E-state index contributed by atoms with van der Waals surface area (Å²) in [6.07, 6.45) is 1.11. The molecule has 0 bridgehead atoms. The van der Waals surface area contributed by atoms with Crippen LogP contribution in [0, 0.1) is 6.92 Å². The Bertz CT molecular complexity index is 286. The van der Waals surface area contributed by atoms with E-state index < -0.39 is 6.09 Å². The average Bonchev–Trinajstić information content (AvgIpc) is 2.09. The Morgan fingerprint density at radius 3 is 3.00 bits per heavy atom. The number of aryl methyl sites for hydroxylation is 1. The molecule has 1 aromatic heterocycles. The summed E-state index contributed by atoms with van der Waals surface area (Å²) in [4.78, 5) is 14.7. The molecule has 0 radical (unpaired) electrons. The Morgan fingerprint density at radius 2 is 2.42 bits per heavy atom. The van der Waals surface area contributed by atoms with Crippen LogP contribution in [0.25, 0.3) is 0 Å². The summed E-state index contributed by atoms with van der Waals surface area (Å²) < 4.78 is 4.42. The molecule has 0 aromatic carbocycles. The quantitative estimate of drug-likeness (QED) is 0.688. The zero-order valence-electron chi connectivity index (χ0n) is 7.00. The maximum atomic E-state index is 10.8. The molecule has 0 saturated carbocycles. The van der Waals surface area contributed by atoms with Crippen LogP contribution < -0.4 is 5.32 Å². The number of amides is 1. The fraction of sp³-hybridized carbons (Fsp3) is 0.250. The van der Waals surface area contributed by atoms with Gasteiger partial charge in [-0.05, 0) is 18.6 Å². The lowest BCUT2D eigenvalue weighted by atomic mass is 10.3. The lowest BCUT2D eigenvalue weighted by Gasteiger charge is -2.04. The normalized spacial score (nSPS) is 9.17. The van der Waals surface area contributed by atoms with Gasteiger partial charge in [-0.3, -0.25) is 5.32 Å². The smallest absolute Gasteiger partial charge is 0.412 e. The molecule has 0 unspecified atom stereocenters. The van der Waals surface area contributed by atoms with Crippen molar-refractivity contribution in [2.75, 3.05) is 12.4 Å². The van der Waals surface area contributed by atoms with E-state index in [-0.39, 0.29) is 0 Å². The molecule has 0 saturated heterocycles. The lowest BCUT2D eigenvalue weighted by molar-refractivity contribution is 0.187. The summed E-state index contributed by atoms with van der Waals surface area (Å²) in [6, 6.07) is 3.66. The molecule has 1 aromatic rings. The SMILES string of the molecule is COC(=O)Nc1ncccc1C. The van der Waals surface area contributed by atoms with E-state index in [1.165, 1.54) is 7.11 Å². The number of methoxy groups -OCH3 is 1. The highest BCUT2D eigenvalue weighted by Gasteiger charge is 2.02. The Kier molecular flexibility index (Phi) is 2.63. The number of carbonyl (C=O) groups is 1. The predicted octanol–water partition coefficient (Wildman–Crippen LogP) is 1.57. The summed E-state index contributed by atoms with van der Waals surface area (Å²) in [5.74, 6) is 0.532. The van der Waals surface area contributed by atoms with Gasteiger partial charge in [0.25, 0.3) is 0 Å². The molecule has 64 valence electrons. The number of pyridine rings is 1. The standard InChI is InChI=1S/C8H10N2O2/c1-6-4-3-5-9-7(6)10-8(11)12-2/h3-5H,1-2H3,(H,9,10,11). The first-order valence-electron chi connectivity index (χ1n) is 3.50. The molecular weight excluding hydrogens is 156 g/mol. The Balaban J connectivity index is 2.75. The minimum atomic E-state index is -0.503. The molecule has 0 aliphatic carbocycles. The average molecular weight is 166 g/mol. The van der Waals surface area contributed by atoms with Crippen LogP contribution in [0.3, 0.4) is 0 Å². The second kappa shape index (κ2) is 3.71.